The first-order valence-corrected chi connectivity index (χ1v) is 6.21. The predicted octanol–water partition coefficient (Wildman–Crippen LogP) is 4.08. The van der Waals surface area contributed by atoms with E-state index in [9.17, 15) is 0 Å². The Labute approximate surface area is 108 Å². The molecule has 0 amide bonds. The summed E-state index contributed by atoms with van der Waals surface area (Å²) >= 11 is 0. The molecule has 1 atom stereocenters. The van der Waals surface area contributed by atoms with Gasteiger partial charge in [-0.1, -0.05) is 35.9 Å². The fourth-order valence-corrected chi connectivity index (χ4v) is 1.98. The fraction of sp³-hybridized carbons (Fsp3) is 0.250. The number of nitrogens with one attached hydrogen (secondary N) is 1. The van der Waals surface area contributed by atoms with Crippen LogP contribution in [0.25, 0.3) is 0 Å². The summed E-state index contributed by atoms with van der Waals surface area (Å²) in [5, 5.41) is 3.52. The van der Waals surface area contributed by atoms with Crippen molar-refractivity contribution >= 4 is 0 Å². The second kappa shape index (κ2) is 6.22. The molecule has 1 aromatic carbocycles. The van der Waals surface area contributed by atoms with Gasteiger partial charge in [-0.3, -0.25) is 0 Å². The van der Waals surface area contributed by atoms with Gasteiger partial charge in [-0.2, -0.15) is 0 Å². The van der Waals surface area contributed by atoms with Crippen LogP contribution in [0, 0.1) is 0 Å². The molecule has 2 rings (SSSR count). The lowest BCUT2D eigenvalue weighted by atomic mass is 10.0. The van der Waals surface area contributed by atoms with E-state index in [1.807, 2.05) is 18.2 Å². The number of furan rings is 1. The van der Waals surface area contributed by atoms with E-state index >= 15 is 0 Å². The Morgan fingerprint density at radius 3 is 2.61 bits per heavy atom. The highest BCUT2D eigenvalue weighted by Crippen LogP contribution is 2.20. The predicted molar refractivity (Wildman–Crippen MR) is 74.2 cm³/mol. The minimum absolute atomic E-state index is 0.286. The minimum atomic E-state index is 0.286. The van der Waals surface area contributed by atoms with E-state index in [-0.39, 0.29) is 6.04 Å². The van der Waals surface area contributed by atoms with Crippen molar-refractivity contribution in [2.24, 2.45) is 0 Å². The molecule has 0 fully saturated rings. The zero-order chi connectivity index (χ0) is 12.8. The molecular formula is C16H19NO. The largest absolute Gasteiger partial charge is 0.468 e. The summed E-state index contributed by atoms with van der Waals surface area (Å²) in [5.41, 5.74) is 2.46. The molecule has 0 aliphatic heterocycles. The second-order valence-corrected chi connectivity index (χ2v) is 4.58. The molecule has 0 saturated heterocycles. The molecule has 0 saturated carbocycles. The number of hydrogen-bond acceptors (Lipinski definition) is 2. The van der Waals surface area contributed by atoms with Gasteiger partial charge in [-0.05, 0) is 31.0 Å². The van der Waals surface area contributed by atoms with Gasteiger partial charge in [0, 0.05) is 6.04 Å². The van der Waals surface area contributed by atoms with Gasteiger partial charge in [0.25, 0.3) is 0 Å². The van der Waals surface area contributed by atoms with E-state index in [0.717, 1.165) is 18.7 Å². The average Bonchev–Trinajstić information content (AvgIpc) is 2.88. The van der Waals surface area contributed by atoms with Gasteiger partial charge >= 0.3 is 0 Å². The Balaban J connectivity index is 2.03. The molecule has 0 bridgehead atoms. The molecular weight excluding hydrogens is 222 g/mol. The van der Waals surface area contributed by atoms with Crippen LogP contribution in [0.3, 0.4) is 0 Å². The average molecular weight is 241 g/mol. The van der Waals surface area contributed by atoms with Gasteiger partial charge in [0.2, 0.25) is 0 Å². The molecule has 0 aliphatic carbocycles. The molecule has 2 nitrogen and oxygen atoms in total. The Morgan fingerprint density at radius 1 is 1.22 bits per heavy atom. The summed E-state index contributed by atoms with van der Waals surface area (Å²) < 4.78 is 5.34. The maximum absolute atomic E-state index is 5.34. The summed E-state index contributed by atoms with van der Waals surface area (Å²) in [5.74, 6) is 0.956. The SMILES string of the molecule is C=C(C)CC(NCc1ccco1)c1ccccc1. The quantitative estimate of drug-likeness (QED) is 0.771. The van der Waals surface area contributed by atoms with E-state index in [1.54, 1.807) is 6.26 Å². The first-order chi connectivity index (χ1) is 8.75. The molecule has 1 unspecified atom stereocenters. The third-order valence-electron chi connectivity index (χ3n) is 2.86. The van der Waals surface area contributed by atoms with Crippen molar-refractivity contribution in [3.63, 3.8) is 0 Å². The standard InChI is InChI=1S/C16H19NO/c1-13(2)11-16(14-7-4-3-5-8-14)17-12-15-9-6-10-18-15/h3-10,16-17H,1,11-12H2,2H3. The Hall–Kier alpha value is -1.80. The van der Waals surface area contributed by atoms with Crippen molar-refractivity contribution in [3.05, 3.63) is 72.2 Å². The molecule has 1 heterocycles. The molecule has 0 aliphatic rings. The van der Waals surface area contributed by atoms with Crippen LogP contribution >= 0.6 is 0 Å². The molecule has 0 spiro atoms. The topological polar surface area (TPSA) is 25.2 Å². The third kappa shape index (κ3) is 3.60. The van der Waals surface area contributed by atoms with E-state index in [2.05, 4.69) is 43.1 Å². The van der Waals surface area contributed by atoms with Crippen LogP contribution in [0.1, 0.15) is 30.7 Å². The van der Waals surface area contributed by atoms with E-state index in [1.165, 1.54) is 11.1 Å². The van der Waals surface area contributed by atoms with Gasteiger partial charge < -0.3 is 9.73 Å². The zero-order valence-electron chi connectivity index (χ0n) is 10.7. The zero-order valence-corrected chi connectivity index (χ0v) is 10.7. The monoisotopic (exact) mass is 241 g/mol. The maximum Gasteiger partial charge on any atom is 0.117 e. The highest BCUT2D eigenvalue weighted by Gasteiger charge is 2.11. The molecule has 18 heavy (non-hydrogen) atoms. The Morgan fingerprint density at radius 2 is 2.00 bits per heavy atom. The Bertz CT molecular complexity index is 473. The first kappa shape index (κ1) is 12.7. The minimum Gasteiger partial charge on any atom is -0.468 e. The summed E-state index contributed by atoms with van der Waals surface area (Å²) in [6.07, 6.45) is 2.64. The lowest BCUT2D eigenvalue weighted by Gasteiger charge is -2.18. The van der Waals surface area contributed by atoms with Crippen molar-refractivity contribution < 1.29 is 4.42 Å². The second-order valence-electron chi connectivity index (χ2n) is 4.58. The first-order valence-electron chi connectivity index (χ1n) is 6.21. The lowest BCUT2D eigenvalue weighted by molar-refractivity contribution is 0.447. The van der Waals surface area contributed by atoms with Crippen LogP contribution in [-0.4, -0.2) is 0 Å². The number of benzene rings is 1. The Kier molecular flexibility index (Phi) is 4.37. The van der Waals surface area contributed by atoms with Crippen LogP contribution in [-0.2, 0) is 6.54 Å². The van der Waals surface area contributed by atoms with Crippen molar-refractivity contribution in [3.8, 4) is 0 Å². The molecule has 1 aromatic heterocycles. The van der Waals surface area contributed by atoms with Crippen LogP contribution in [0.5, 0.6) is 0 Å². The van der Waals surface area contributed by atoms with Gasteiger partial charge in [-0.25, -0.2) is 0 Å². The normalized spacial score (nSPS) is 12.3. The van der Waals surface area contributed by atoms with E-state index in [4.69, 9.17) is 4.42 Å². The smallest absolute Gasteiger partial charge is 0.117 e. The van der Waals surface area contributed by atoms with Crippen molar-refractivity contribution in [2.75, 3.05) is 0 Å². The van der Waals surface area contributed by atoms with Crippen LogP contribution in [0.2, 0.25) is 0 Å². The molecule has 2 aromatic rings. The van der Waals surface area contributed by atoms with Crippen LogP contribution in [0.15, 0.2) is 65.3 Å². The van der Waals surface area contributed by atoms with Crippen molar-refractivity contribution in [2.45, 2.75) is 25.9 Å². The highest BCUT2D eigenvalue weighted by atomic mass is 16.3. The summed E-state index contributed by atoms with van der Waals surface area (Å²) in [6, 6.07) is 14.6. The summed E-state index contributed by atoms with van der Waals surface area (Å²) in [7, 11) is 0. The summed E-state index contributed by atoms with van der Waals surface area (Å²) in [6.45, 7) is 6.80. The third-order valence-corrected chi connectivity index (χ3v) is 2.86. The molecule has 94 valence electrons. The number of hydrogen-bond donors (Lipinski definition) is 1. The van der Waals surface area contributed by atoms with Gasteiger partial charge in [0.15, 0.2) is 0 Å². The fourth-order valence-electron chi connectivity index (χ4n) is 1.98. The van der Waals surface area contributed by atoms with Gasteiger partial charge in [0.1, 0.15) is 5.76 Å². The molecule has 2 heteroatoms. The van der Waals surface area contributed by atoms with Crippen molar-refractivity contribution in [1.82, 2.24) is 5.32 Å². The highest BCUT2D eigenvalue weighted by molar-refractivity contribution is 5.20. The van der Waals surface area contributed by atoms with E-state index in [0.29, 0.717) is 0 Å². The molecule has 1 N–H and O–H groups in total. The van der Waals surface area contributed by atoms with Gasteiger partial charge in [-0.15, -0.1) is 6.58 Å². The van der Waals surface area contributed by atoms with Crippen LogP contribution < -0.4 is 5.32 Å². The van der Waals surface area contributed by atoms with E-state index < -0.39 is 0 Å². The van der Waals surface area contributed by atoms with Crippen LogP contribution in [0.4, 0.5) is 0 Å². The maximum atomic E-state index is 5.34. The summed E-state index contributed by atoms with van der Waals surface area (Å²) in [4.78, 5) is 0. The van der Waals surface area contributed by atoms with Gasteiger partial charge in [0.05, 0.1) is 12.8 Å². The number of rotatable bonds is 6. The molecule has 0 radical (unpaired) electrons. The van der Waals surface area contributed by atoms with Crippen molar-refractivity contribution in [1.29, 1.82) is 0 Å². The lowest BCUT2D eigenvalue weighted by Crippen LogP contribution is -2.20.